The molecule has 0 radical (unpaired) electrons. The molecule has 0 bridgehead atoms. The van der Waals surface area contributed by atoms with Crippen molar-refractivity contribution in [2.75, 3.05) is 0 Å². The molecule has 1 unspecified atom stereocenters. The molecule has 2 aromatic rings. The van der Waals surface area contributed by atoms with Crippen LogP contribution in [0.2, 0.25) is 5.02 Å². The van der Waals surface area contributed by atoms with E-state index in [1.54, 1.807) is 0 Å². The van der Waals surface area contributed by atoms with Gasteiger partial charge in [0.05, 0.1) is 0 Å². The lowest BCUT2D eigenvalue weighted by atomic mass is 10.0. The zero-order valence-electron chi connectivity index (χ0n) is 9.60. The second-order valence-corrected chi connectivity index (χ2v) is 4.40. The maximum Gasteiger partial charge on any atom is 0.194 e. The van der Waals surface area contributed by atoms with Gasteiger partial charge in [-0.3, -0.25) is 0 Å². The minimum atomic E-state index is -1.73. The van der Waals surface area contributed by atoms with Crippen LogP contribution in [0.3, 0.4) is 0 Å². The molecule has 1 nitrogen and oxygen atoms in total. The van der Waals surface area contributed by atoms with Gasteiger partial charge >= 0.3 is 0 Å². The van der Waals surface area contributed by atoms with Crippen LogP contribution in [0.5, 0.6) is 0 Å². The first-order valence-corrected chi connectivity index (χ1v) is 5.66. The molecule has 1 N–H and O–H groups in total. The molecule has 0 spiro atoms. The molecule has 0 aliphatic rings. The standard InChI is InChI=1S/C13H6ClF5O/c14-7-4-9(16)8(15)3-6(7)13(20)5-1-10(17)12(19)11(18)2-5/h1-4,13,20H. The van der Waals surface area contributed by atoms with Gasteiger partial charge in [0.15, 0.2) is 29.1 Å². The minimum Gasteiger partial charge on any atom is -0.384 e. The molecule has 20 heavy (non-hydrogen) atoms. The zero-order chi connectivity index (χ0) is 15.0. The molecule has 0 aliphatic heterocycles. The fourth-order valence-electron chi connectivity index (χ4n) is 1.66. The van der Waals surface area contributed by atoms with Crippen molar-refractivity contribution in [2.24, 2.45) is 0 Å². The number of benzene rings is 2. The zero-order valence-corrected chi connectivity index (χ0v) is 10.4. The lowest BCUT2D eigenvalue weighted by molar-refractivity contribution is 0.218. The molecule has 0 heterocycles. The van der Waals surface area contributed by atoms with Crippen LogP contribution in [0.15, 0.2) is 24.3 Å². The van der Waals surface area contributed by atoms with E-state index in [9.17, 15) is 27.1 Å². The summed E-state index contributed by atoms with van der Waals surface area (Å²) < 4.78 is 64.9. The summed E-state index contributed by atoms with van der Waals surface area (Å²) in [5.74, 6) is -7.25. The fourth-order valence-corrected chi connectivity index (χ4v) is 1.91. The fraction of sp³-hybridized carbons (Fsp3) is 0.0769. The molecule has 0 fully saturated rings. The van der Waals surface area contributed by atoms with E-state index in [2.05, 4.69) is 0 Å². The van der Waals surface area contributed by atoms with Gasteiger partial charge < -0.3 is 5.11 Å². The highest BCUT2D eigenvalue weighted by Gasteiger charge is 2.20. The van der Waals surface area contributed by atoms with Gasteiger partial charge in [0.2, 0.25) is 0 Å². The Morgan fingerprint density at radius 2 is 1.30 bits per heavy atom. The van der Waals surface area contributed by atoms with Crippen LogP contribution in [0.4, 0.5) is 22.0 Å². The Morgan fingerprint density at radius 1 is 0.800 bits per heavy atom. The molecule has 106 valence electrons. The number of halogens is 6. The highest BCUT2D eigenvalue weighted by atomic mass is 35.5. The van der Waals surface area contributed by atoms with Gasteiger partial charge in [-0.25, -0.2) is 22.0 Å². The van der Waals surface area contributed by atoms with E-state index in [1.807, 2.05) is 0 Å². The Kier molecular flexibility index (Phi) is 3.96. The maximum absolute atomic E-state index is 13.1. The second-order valence-electron chi connectivity index (χ2n) is 3.99. The first kappa shape index (κ1) is 14.7. The van der Waals surface area contributed by atoms with Crippen molar-refractivity contribution in [1.29, 1.82) is 0 Å². The largest absolute Gasteiger partial charge is 0.384 e. The Morgan fingerprint density at radius 3 is 1.85 bits per heavy atom. The van der Waals surface area contributed by atoms with Crippen molar-refractivity contribution in [1.82, 2.24) is 0 Å². The minimum absolute atomic E-state index is 0.295. The van der Waals surface area contributed by atoms with E-state index >= 15 is 0 Å². The van der Waals surface area contributed by atoms with Crippen molar-refractivity contribution in [3.63, 3.8) is 0 Å². The predicted molar refractivity (Wildman–Crippen MR) is 61.7 cm³/mol. The molecule has 0 amide bonds. The first-order valence-electron chi connectivity index (χ1n) is 5.28. The molecule has 0 saturated carbocycles. The van der Waals surface area contributed by atoms with Crippen LogP contribution < -0.4 is 0 Å². The monoisotopic (exact) mass is 308 g/mol. The number of aliphatic hydroxyl groups excluding tert-OH is 1. The van der Waals surface area contributed by atoms with E-state index in [-0.39, 0.29) is 16.1 Å². The lowest BCUT2D eigenvalue weighted by Crippen LogP contribution is -2.05. The summed E-state index contributed by atoms with van der Waals surface area (Å²) in [5.41, 5.74) is -0.676. The Bertz CT molecular complexity index is 651. The highest BCUT2D eigenvalue weighted by Crippen LogP contribution is 2.31. The van der Waals surface area contributed by atoms with Crippen molar-refractivity contribution >= 4 is 11.6 Å². The summed E-state index contributed by atoms with van der Waals surface area (Å²) in [5, 5.41) is 9.57. The average Bonchev–Trinajstić information content (AvgIpc) is 2.38. The molecule has 0 aromatic heterocycles. The summed E-state index contributed by atoms with van der Waals surface area (Å²) in [7, 11) is 0. The Hall–Kier alpha value is -1.66. The third-order valence-corrected chi connectivity index (χ3v) is 2.98. The Labute approximate surface area is 115 Å². The third kappa shape index (κ3) is 2.62. The van der Waals surface area contributed by atoms with Crippen molar-refractivity contribution in [2.45, 2.75) is 6.10 Å². The van der Waals surface area contributed by atoms with Gasteiger partial charge in [0.1, 0.15) is 6.10 Å². The summed E-state index contributed by atoms with van der Waals surface area (Å²) >= 11 is 5.63. The Balaban J connectivity index is 2.51. The van der Waals surface area contributed by atoms with E-state index < -0.39 is 35.2 Å². The molecule has 1 atom stereocenters. The van der Waals surface area contributed by atoms with Crippen molar-refractivity contribution in [3.8, 4) is 0 Å². The van der Waals surface area contributed by atoms with E-state index in [1.165, 1.54) is 0 Å². The maximum atomic E-state index is 13.1. The molecule has 7 heteroatoms. The van der Waals surface area contributed by atoms with Crippen molar-refractivity contribution < 1.29 is 27.1 Å². The molecular formula is C13H6ClF5O. The van der Waals surface area contributed by atoms with Gasteiger partial charge in [0.25, 0.3) is 0 Å². The van der Waals surface area contributed by atoms with Crippen LogP contribution >= 0.6 is 11.6 Å². The number of aliphatic hydroxyl groups is 1. The van der Waals surface area contributed by atoms with Crippen LogP contribution in [0.25, 0.3) is 0 Å². The third-order valence-electron chi connectivity index (χ3n) is 2.66. The van der Waals surface area contributed by atoms with Gasteiger partial charge in [-0.15, -0.1) is 0 Å². The van der Waals surface area contributed by atoms with Crippen LogP contribution in [-0.4, -0.2) is 5.11 Å². The van der Waals surface area contributed by atoms with Gasteiger partial charge in [-0.2, -0.15) is 0 Å². The topological polar surface area (TPSA) is 20.2 Å². The SMILES string of the molecule is OC(c1cc(F)c(F)c(F)c1)c1cc(F)c(F)cc1Cl. The summed E-state index contributed by atoms with van der Waals surface area (Å²) in [6.07, 6.45) is -1.73. The molecular weight excluding hydrogens is 303 g/mol. The molecule has 0 saturated heterocycles. The van der Waals surface area contributed by atoms with E-state index in [0.29, 0.717) is 24.3 Å². The van der Waals surface area contributed by atoms with Gasteiger partial charge in [0, 0.05) is 10.6 Å². The number of rotatable bonds is 2. The van der Waals surface area contributed by atoms with Crippen molar-refractivity contribution in [3.05, 3.63) is 69.5 Å². The normalized spacial score (nSPS) is 12.6. The lowest BCUT2D eigenvalue weighted by Gasteiger charge is -2.14. The highest BCUT2D eigenvalue weighted by molar-refractivity contribution is 6.31. The average molecular weight is 309 g/mol. The van der Waals surface area contributed by atoms with E-state index in [0.717, 1.165) is 0 Å². The molecule has 0 aliphatic carbocycles. The quantitative estimate of drug-likeness (QED) is 0.503. The number of hydrogen-bond acceptors (Lipinski definition) is 1. The molecule has 2 aromatic carbocycles. The van der Waals surface area contributed by atoms with Crippen LogP contribution in [0.1, 0.15) is 17.2 Å². The summed E-state index contributed by atoms with van der Waals surface area (Å²) in [6.45, 7) is 0. The molecule has 2 rings (SSSR count). The van der Waals surface area contributed by atoms with Crippen LogP contribution in [0, 0.1) is 29.1 Å². The first-order chi connectivity index (χ1) is 9.31. The predicted octanol–water partition coefficient (Wildman–Crippen LogP) is 4.12. The van der Waals surface area contributed by atoms with Crippen LogP contribution in [-0.2, 0) is 0 Å². The smallest absolute Gasteiger partial charge is 0.194 e. The van der Waals surface area contributed by atoms with Gasteiger partial charge in [-0.05, 0) is 29.8 Å². The van der Waals surface area contributed by atoms with E-state index in [4.69, 9.17) is 11.6 Å². The summed E-state index contributed by atoms with van der Waals surface area (Å²) in [6, 6.07) is 2.30. The number of hydrogen-bond donors (Lipinski definition) is 1. The summed E-state index contributed by atoms with van der Waals surface area (Å²) in [4.78, 5) is 0. The second kappa shape index (κ2) is 5.38. The van der Waals surface area contributed by atoms with Gasteiger partial charge in [-0.1, -0.05) is 11.6 Å².